The van der Waals surface area contributed by atoms with Crippen LogP contribution < -0.4 is 0 Å². The fraction of sp³-hybridized carbons (Fsp3) is 0.417. The zero-order valence-electron chi connectivity index (χ0n) is 8.30. The number of aryl methyl sites for hydroxylation is 1. The van der Waals surface area contributed by atoms with Crippen LogP contribution in [0.5, 0.6) is 0 Å². The molecule has 0 saturated heterocycles. The van der Waals surface area contributed by atoms with E-state index in [1.807, 2.05) is 0 Å². The van der Waals surface area contributed by atoms with E-state index in [0.717, 1.165) is 6.42 Å². The average molecular weight is 173 g/mol. The molecule has 1 aromatic rings. The minimum atomic E-state index is 1.05. The first kappa shape index (κ1) is 8.49. The molecule has 0 spiro atoms. The van der Waals surface area contributed by atoms with E-state index in [1.54, 1.807) is 0 Å². The molecule has 1 aliphatic heterocycles. The molecular formula is C12H15N. The Balaban J connectivity index is 2.29. The van der Waals surface area contributed by atoms with Gasteiger partial charge in [0.2, 0.25) is 0 Å². The van der Waals surface area contributed by atoms with Crippen LogP contribution in [-0.2, 0) is 12.8 Å². The number of benzene rings is 1. The highest BCUT2D eigenvalue weighted by atomic mass is 14.8. The summed E-state index contributed by atoms with van der Waals surface area (Å²) in [5, 5.41) is 0. The molecule has 68 valence electrons. The van der Waals surface area contributed by atoms with Crippen molar-refractivity contribution in [3.8, 4) is 0 Å². The van der Waals surface area contributed by atoms with Gasteiger partial charge in [-0.2, -0.15) is 0 Å². The van der Waals surface area contributed by atoms with Crippen molar-refractivity contribution in [3.63, 3.8) is 0 Å². The summed E-state index contributed by atoms with van der Waals surface area (Å²) in [6.07, 6.45) is 3.46. The van der Waals surface area contributed by atoms with Crippen LogP contribution in [0.3, 0.4) is 0 Å². The molecule has 1 nitrogen and oxygen atoms in total. The van der Waals surface area contributed by atoms with Crippen molar-refractivity contribution in [2.75, 3.05) is 0 Å². The molecule has 2 rings (SSSR count). The molecular weight excluding hydrogens is 158 g/mol. The van der Waals surface area contributed by atoms with E-state index in [4.69, 9.17) is 0 Å². The molecule has 0 amide bonds. The van der Waals surface area contributed by atoms with Gasteiger partial charge in [0.1, 0.15) is 0 Å². The minimum Gasteiger partial charge on any atom is -0.257 e. The monoisotopic (exact) mass is 173 g/mol. The van der Waals surface area contributed by atoms with Gasteiger partial charge in [-0.05, 0) is 30.5 Å². The molecule has 1 heteroatoms. The summed E-state index contributed by atoms with van der Waals surface area (Å²) in [5.41, 5.74) is 5.27. The van der Waals surface area contributed by atoms with E-state index in [9.17, 15) is 0 Å². The summed E-state index contributed by atoms with van der Waals surface area (Å²) >= 11 is 0. The highest BCUT2D eigenvalue weighted by Crippen LogP contribution is 2.27. The van der Waals surface area contributed by atoms with Gasteiger partial charge in [-0.15, -0.1) is 0 Å². The summed E-state index contributed by atoms with van der Waals surface area (Å²) in [6.45, 7) is 4.31. The molecule has 0 bridgehead atoms. The van der Waals surface area contributed by atoms with Gasteiger partial charge in [0.25, 0.3) is 0 Å². The first-order valence-corrected chi connectivity index (χ1v) is 4.95. The lowest BCUT2D eigenvalue weighted by Crippen LogP contribution is -1.90. The van der Waals surface area contributed by atoms with Gasteiger partial charge in [-0.3, -0.25) is 4.99 Å². The van der Waals surface area contributed by atoms with Gasteiger partial charge in [0.15, 0.2) is 0 Å². The lowest BCUT2D eigenvalue weighted by molar-refractivity contribution is 0.920. The van der Waals surface area contributed by atoms with Crippen LogP contribution in [0.15, 0.2) is 23.2 Å². The highest BCUT2D eigenvalue weighted by molar-refractivity contribution is 5.92. The normalized spacial score (nSPS) is 14.2. The van der Waals surface area contributed by atoms with Crippen LogP contribution >= 0.6 is 0 Å². The van der Waals surface area contributed by atoms with E-state index in [0.29, 0.717) is 0 Å². The maximum atomic E-state index is 4.47. The van der Waals surface area contributed by atoms with Gasteiger partial charge < -0.3 is 0 Å². The summed E-state index contributed by atoms with van der Waals surface area (Å²) in [5.74, 6) is 0. The highest BCUT2D eigenvalue weighted by Gasteiger charge is 2.10. The van der Waals surface area contributed by atoms with E-state index in [2.05, 4.69) is 37.0 Å². The zero-order chi connectivity index (χ0) is 9.26. The van der Waals surface area contributed by atoms with Crippen molar-refractivity contribution in [1.29, 1.82) is 0 Å². The predicted octanol–water partition coefficient (Wildman–Crippen LogP) is 3.29. The number of aliphatic imine (C=N–C) groups is 1. The Morgan fingerprint density at radius 1 is 1.38 bits per heavy atom. The maximum absolute atomic E-state index is 4.47. The first-order valence-electron chi connectivity index (χ1n) is 4.95. The average Bonchev–Trinajstić information content (AvgIpc) is 2.44. The largest absolute Gasteiger partial charge is 0.257 e. The van der Waals surface area contributed by atoms with Crippen molar-refractivity contribution in [2.45, 2.75) is 33.1 Å². The van der Waals surface area contributed by atoms with Crippen LogP contribution in [0.25, 0.3) is 0 Å². The van der Waals surface area contributed by atoms with Gasteiger partial charge >= 0.3 is 0 Å². The number of rotatable bonds is 2. The molecule has 0 unspecified atom stereocenters. The van der Waals surface area contributed by atoms with E-state index in [1.165, 1.54) is 35.4 Å². The molecule has 0 aromatic heterocycles. The van der Waals surface area contributed by atoms with Crippen molar-refractivity contribution in [1.82, 2.24) is 0 Å². The lowest BCUT2D eigenvalue weighted by atomic mass is 10.0. The van der Waals surface area contributed by atoms with Crippen LogP contribution in [0.4, 0.5) is 5.69 Å². The Morgan fingerprint density at radius 2 is 2.23 bits per heavy atom. The summed E-state index contributed by atoms with van der Waals surface area (Å²) < 4.78 is 0. The van der Waals surface area contributed by atoms with Gasteiger partial charge in [0, 0.05) is 12.1 Å². The molecule has 0 radical (unpaired) electrons. The molecule has 13 heavy (non-hydrogen) atoms. The summed E-state index contributed by atoms with van der Waals surface area (Å²) in [7, 11) is 0. The second kappa shape index (κ2) is 3.33. The van der Waals surface area contributed by atoms with E-state index >= 15 is 0 Å². The molecule has 0 aliphatic carbocycles. The van der Waals surface area contributed by atoms with Crippen molar-refractivity contribution >= 4 is 11.4 Å². The zero-order valence-corrected chi connectivity index (χ0v) is 8.30. The van der Waals surface area contributed by atoms with Crippen molar-refractivity contribution in [3.05, 3.63) is 29.3 Å². The van der Waals surface area contributed by atoms with Crippen LogP contribution in [-0.4, -0.2) is 5.71 Å². The topological polar surface area (TPSA) is 12.4 Å². The SMILES string of the molecule is CCCc1ccc2c(c1)CC(C)=N2. The standard InChI is InChI=1S/C12H15N/c1-3-4-10-5-6-12-11(8-10)7-9(2)13-12/h5-6,8H,3-4,7H2,1-2H3. The van der Waals surface area contributed by atoms with Gasteiger partial charge in [0.05, 0.1) is 5.69 Å². The number of fused-ring (bicyclic) bond motifs is 1. The predicted molar refractivity (Wildman–Crippen MR) is 56.9 cm³/mol. The van der Waals surface area contributed by atoms with Crippen LogP contribution in [0.2, 0.25) is 0 Å². The molecule has 0 saturated carbocycles. The second-order valence-corrected chi connectivity index (χ2v) is 3.74. The Bertz CT molecular complexity index is 350. The first-order chi connectivity index (χ1) is 6.29. The Morgan fingerprint density at radius 3 is 3.00 bits per heavy atom. The molecule has 1 heterocycles. The second-order valence-electron chi connectivity index (χ2n) is 3.74. The third-order valence-electron chi connectivity index (χ3n) is 2.44. The fourth-order valence-electron chi connectivity index (χ4n) is 1.85. The maximum Gasteiger partial charge on any atom is 0.0665 e. The smallest absolute Gasteiger partial charge is 0.0665 e. The van der Waals surface area contributed by atoms with E-state index < -0.39 is 0 Å². The quantitative estimate of drug-likeness (QED) is 0.650. The fourth-order valence-corrected chi connectivity index (χ4v) is 1.85. The summed E-state index contributed by atoms with van der Waals surface area (Å²) in [4.78, 5) is 4.47. The number of hydrogen-bond donors (Lipinski definition) is 0. The minimum absolute atomic E-state index is 1.05. The molecule has 0 fully saturated rings. The molecule has 0 N–H and O–H groups in total. The Hall–Kier alpha value is -1.11. The van der Waals surface area contributed by atoms with Crippen molar-refractivity contribution < 1.29 is 0 Å². The van der Waals surface area contributed by atoms with Crippen LogP contribution in [0.1, 0.15) is 31.4 Å². The van der Waals surface area contributed by atoms with Crippen LogP contribution in [0, 0.1) is 0 Å². The summed E-state index contributed by atoms with van der Waals surface area (Å²) in [6, 6.07) is 6.65. The van der Waals surface area contributed by atoms with Crippen molar-refractivity contribution in [2.24, 2.45) is 4.99 Å². The molecule has 1 aliphatic rings. The van der Waals surface area contributed by atoms with Gasteiger partial charge in [-0.1, -0.05) is 25.5 Å². The van der Waals surface area contributed by atoms with Gasteiger partial charge in [-0.25, -0.2) is 0 Å². The Kier molecular flexibility index (Phi) is 2.17. The Labute approximate surface area is 79.5 Å². The lowest BCUT2D eigenvalue weighted by Gasteiger charge is -2.01. The third kappa shape index (κ3) is 1.64. The number of hydrogen-bond acceptors (Lipinski definition) is 1. The van der Waals surface area contributed by atoms with E-state index in [-0.39, 0.29) is 0 Å². The number of nitrogens with zero attached hydrogens (tertiary/aromatic N) is 1. The third-order valence-corrected chi connectivity index (χ3v) is 2.44. The molecule has 1 aromatic carbocycles. The molecule has 0 atom stereocenters.